The van der Waals surface area contributed by atoms with Gasteiger partial charge in [-0.2, -0.15) is 22.2 Å². The molecular formula is C9H9Cl2NSi. The minimum Gasteiger partial charge on any atom is -0.256 e. The van der Waals surface area contributed by atoms with Crippen molar-refractivity contribution in [3.8, 4) is 0 Å². The van der Waals surface area contributed by atoms with Crippen molar-refractivity contribution in [2.24, 2.45) is 0 Å². The number of pyridine rings is 1. The van der Waals surface area contributed by atoms with Crippen molar-refractivity contribution < 1.29 is 0 Å². The number of benzene rings is 1. The van der Waals surface area contributed by atoms with Crippen molar-refractivity contribution >= 4 is 41.2 Å². The molecule has 4 heteroatoms. The molecule has 68 valence electrons. The van der Waals surface area contributed by atoms with Gasteiger partial charge in [-0.1, -0.05) is 24.3 Å². The van der Waals surface area contributed by atoms with Crippen molar-refractivity contribution in [1.82, 2.24) is 4.98 Å². The van der Waals surface area contributed by atoms with Gasteiger partial charge in [0.05, 0.1) is 5.52 Å². The van der Waals surface area contributed by atoms with E-state index in [1.165, 1.54) is 5.39 Å². The molecule has 0 aliphatic carbocycles. The molecule has 1 nitrogen and oxygen atoms in total. The van der Waals surface area contributed by atoms with Gasteiger partial charge in [0.25, 0.3) is 0 Å². The van der Waals surface area contributed by atoms with Crippen molar-refractivity contribution in [2.75, 3.05) is 0 Å². The van der Waals surface area contributed by atoms with E-state index in [2.05, 4.69) is 17.1 Å². The van der Waals surface area contributed by atoms with Crippen LogP contribution >= 0.6 is 22.2 Å². The lowest BCUT2D eigenvalue weighted by molar-refractivity contribution is 1.41. The lowest BCUT2D eigenvalue weighted by Crippen LogP contribution is -1.73. The Bertz CT molecular complexity index is 302. The zero-order valence-corrected chi connectivity index (χ0v) is 9.88. The second-order valence-electron chi connectivity index (χ2n) is 2.30. The van der Waals surface area contributed by atoms with Crippen molar-refractivity contribution in [3.05, 3.63) is 42.6 Å². The van der Waals surface area contributed by atoms with Gasteiger partial charge in [0, 0.05) is 11.6 Å². The standard InChI is InChI=1S/C9H7N.Cl2H2Si/c1-2-6-9-8(4-1)5-3-7-10-9;1-3-2/h1-7H;3H2. The summed E-state index contributed by atoms with van der Waals surface area (Å²) in [6.07, 6.45) is 1.81. The van der Waals surface area contributed by atoms with Crippen LogP contribution in [0.2, 0.25) is 0 Å². The first-order valence-corrected chi connectivity index (χ1v) is 8.08. The second-order valence-corrected chi connectivity index (χ2v) is 4.92. The number of hydrogen-bond donors (Lipinski definition) is 0. The Morgan fingerprint density at radius 1 is 1.00 bits per heavy atom. The summed E-state index contributed by atoms with van der Waals surface area (Å²) >= 11 is 9.81. The SMILES string of the molecule is Cl[SiH2]Cl.c1ccc2ncccc2c1. The molecule has 0 spiro atoms. The Labute approximate surface area is 88.9 Å². The van der Waals surface area contributed by atoms with Crippen molar-refractivity contribution in [1.29, 1.82) is 0 Å². The monoisotopic (exact) mass is 229 g/mol. The molecule has 0 aliphatic heterocycles. The summed E-state index contributed by atoms with van der Waals surface area (Å²) in [6, 6.07) is 12.1. The van der Waals surface area contributed by atoms with E-state index in [4.69, 9.17) is 22.2 Å². The van der Waals surface area contributed by atoms with Crippen LogP contribution < -0.4 is 0 Å². The predicted molar refractivity (Wildman–Crippen MR) is 62.0 cm³/mol. The van der Waals surface area contributed by atoms with Crippen LogP contribution in [0, 0.1) is 0 Å². The van der Waals surface area contributed by atoms with Crippen LogP contribution in [-0.4, -0.2) is 13.1 Å². The molecule has 0 aliphatic rings. The van der Waals surface area contributed by atoms with Gasteiger partial charge < -0.3 is 0 Å². The van der Waals surface area contributed by atoms with Gasteiger partial charge >= 0.3 is 0 Å². The summed E-state index contributed by atoms with van der Waals surface area (Å²) < 4.78 is 0. The highest BCUT2D eigenvalue weighted by Gasteiger charge is 1.86. The molecule has 0 unspecified atom stereocenters. The molecule has 2 aromatic rings. The molecule has 0 bridgehead atoms. The van der Waals surface area contributed by atoms with E-state index >= 15 is 0 Å². The summed E-state index contributed by atoms with van der Waals surface area (Å²) in [4.78, 5) is 4.18. The largest absolute Gasteiger partial charge is 0.256 e. The minimum atomic E-state index is -0.639. The maximum atomic E-state index is 4.90. The number of fused-ring (bicyclic) bond motifs is 1. The highest BCUT2D eigenvalue weighted by molar-refractivity contribution is 7.22. The van der Waals surface area contributed by atoms with Crippen LogP contribution in [0.3, 0.4) is 0 Å². The average Bonchev–Trinajstić information content (AvgIpc) is 2.19. The molecule has 0 saturated carbocycles. The minimum absolute atomic E-state index is 0.639. The summed E-state index contributed by atoms with van der Waals surface area (Å²) in [5.74, 6) is 0. The highest BCUT2D eigenvalue weighted by Crippen LogP contribution is 2.07. The molecule has 0 fully saturated rings. The van der Waals surface area contributed by atoms with E-state index in [1.807, 2.05) is 30.5 Å². The van der Waals surface area contributed by atoms with Gasteiger partial charge in [0.1, 0.15) is 0 Å². The van der Waals surface area contributed by atoms with Crippen molar-refractivity contribution in [3.63, 3.8) is 0 Å². The summed E-state index contributed by atoms with van der Waals surface area (Å²) in [5, 5.41) is 1.20. The van der Waals surface area contributed by atoms with Gasteiger partial charge in [-0.15, -0.1) is 0 Å². The second kappa shape index (κ2) is 5.97. The van der Waals surface area contributed by atoms with Gasteiger partial charge in [0.15, 0.2) is 0 Å². The Morgan fingerprint density at radius 3 is 2.31 bits per heavy atom. The number of para-hydroxylation sites is 1. The zero-order chi connectivity index (χ0) is 9.52. The number of rotatable bonds is 0. The Kier molecular flexibility index (Phi) is 4.82. The van der Waals surface area contributed by atoms with E-state index < -0.39 is 8.14 Å². The molecular weight excluding hydrogens is 221 g/mol. The van der Waals surface area contributed by atoms with Crippen LogP contribution in [-0.2, 0) is 0 Å². The summed E-state index contributed by atoms with van der Waals surface area (Å²) in [5.41, 5.74) is 1.06. The van der Waals surface area contributed by atoms with Crippen LogP contribution in [0.4, 0.5) is 0 Å². The molecule has 0 N–H and O–H groups in total. The molecule has 1 aromatic carbocycles. The fourth-order valence-corrected chi connectivity index (χ4v) is 1.02. The summed E-state index contributed by atoms with van der Waals surface area (Å²) in [6.45, 7) is 0. The molecule has 0 atom stereocenters. The third kappa shape index (κ3) is 3.34. The van der Waals surface area contributed by atoms with Crippen LogP contribution in [0.25, 0.3) is 10.9 Å². The third-order valence-electron chi connectivity index (χ3n) is 1.51. The lowest BCUT2D eigenvalue weighted by Gasteiger charge is -1.91. The van der Waals surface area contributed by atoms with E-state index in [0.29, 0.717) is 0 Å². The number of aromatic nitrogens is 1. The summed E-state index contributed by atoms with van der Waals surface area (Å²) in [7, 11) is -0.639. The quantitative estimate of drug-likeness (QED) is 0.501. The fourth-order valence-electron chi connectivity index (χ4n) is 1.02. The molecule has 0 saturated heterocycles. The normalized spacial score (nSPS) is 9.08. The van der Waals surface area contributed by atoms with E-state index in [9.17, 15) is 0 Å². The van der Waals surface area contributed by atoms with Gasteiger partial charge in [-0.05, 0) is 12.1 Å². The van der Waals surface area contributed by atoms with E-state index in [0.717, 1.165) is 5.52 Å². The first-order chi connectivity index (χ1) is 6.38. The average molecular weight is 230 g/mol. The first-order valence-electron chi connectivity index (χ1n) is 3.80. The van der Waals surface area contributed by atoms with Gasteiger partial charge in [-0.25, -0.2) is 0 Å². The predicted octanol–water partition coefficient (Wildman–Crippen LogP) is 2.70. The molecule has 1 heterocycles. The van der Waals surface area contributed by atoms with Gasteiger partial charge in [0.2, 0.25) is 8.14 Å². The molecule has 13 heavy (non-hydrogen) atoms. The third-order valence-corrected chi connectivity index (χ3v) is 1.51. The zero-order valence-electron chi connectivity index (χ0n) is 6.95. The van der Waals surface area contributed by atoms with Crippen molar-refractivity contribution in [2.45, 2.75) is 0 Å². The molecule has 0 amide bonds. The Morgan fingerprint density at radius 2 is 1.62 bits per heavy atom. The molecule has 2 rings (SSSR count). The Hall–Kier alpha value is -0.573. The number of hydrogen-bond acceptors (Lipinski definition) is 1. The van der Waals surface area contributed by atoms with Crippen LogP contribution in [0.5, 0.6) is 0 Å². The van der Waals surface area contributed by atoms with Gasteiger partial charge in [-0.3, -0.25) is 4.98 Å². The smallest absolute Gasteiger partial charge is 0.222 e. The van der Waals surface area contributed by atoms with E-state index in [-0.39, 0.29) is 0 Å². The topological polar surface area (TPSA) is 12.9 Å². The first kappa shape index (κ1) is 10.5. The molecule has 0 radical (unpaired) electrons. The lowest BCUT2D eigenvalue weighted by atomic mass is 10.2. The van der Waals surface area contributed by atoms with Crippen LogP contribution in [0.15, 0.2) is 42.6 Å². The van der Waals surface area contributed by atoms with Crippen LogP contribution in [0.1, 0.15) is 0 Å². The highest BCUT2D eigenvalue weighted by atomic mass is 35.7. The number of nitrogens with zero attached hydrogens (tertiary/aromatic N) is 1. The Balaban J connectivity index is 0.000000251. The maximum absolute atomic E-state index is 4.90. The maximum Gasteiger partial charge on any atom is 0.222 e. The van der Waals surface area contributed by atoms with E-state index in [1.54, 1.807) is 0 Å². The molecule has 1 aromatic heterocycles. The fraction of sp³-hybridized carbons (Fsp3) is 0. The number of halogens is 2.